The van der Waals surface area contributed by atoms with E-state index in [1.165, 1.54) is 65.6 Å². The number of aromatic nitrogens is 3. The molecule has 0 aliphatic rings. The SMILES string of the molecule is c1ccc(-c2c(-c3ccccc3)n(-c3ccc4ccccc4c3)c3c2ccc2c4cccc(-c5nc6ccccc6n5-c5ccccc5)c4ccc23)cc1. The van der Waals surface area contributed by atoms with Gasteiger partial charge < -0.3 is 4.57 Å². The van der Waals surface area contributed by atoms with E-state index in [-0.39, 0.29) is 0 Å². The number of imidazole rings is 1. The Kier molecular flexibility index (Phi) is 6.86. The van der Waals surface area contributed by atoms with E-state index in [2.05, 4.69) is 209 Å². The normalized spacial score (nSPS) is 11.7. The average Bonchev–Trinajstić information content (AvgIpc) is 3.81. The minimum Gasteiger partial charge on any atom is -0.308 e. The zero-order valence-electron chi connectivity index (χ0n) is 29.4. The largest absolute Gasteiger partial charge is 0.308 e. The van der Waals surface area contributed by atoms with Gasteiger partial charge in [-0.3, -0.25) is 4.57 Å². The first kappa shape index (κ1) is 30.4. The van der Waals surface area contributed by atoms with Gasteiger partial charge in [-0.15, -0.1) is 0 Å². The lowest BCUT2D eigenvalue weighted by molar-refractivity contribution is 1.11. The maximum atomic E-state index is 5.26. The van der Waals surface area contributed by atoms with Crippen LogP contribution in [0.4, 0.5) is 0 Å². The van der Waals surface area contributed by atoms with Crippen molar-refractivity contribution < 1.29 is 0 Å². The molecule has 0 saturated carbocycles. The summed E-state index contributed by atoms with van der Waals surface area (Å²) in [5.41, 5.74) is 11.4. The molecule has 0 atom stereocenters. The second-order valence-electron chi connectivity index (χ2n) is 13.9. The van der Waals surface area contributed by atoms with Crippen LogP contribution in [-0.2, 0) is 0 Å². The van der Waals surface area contributed by atoms with E-state index in [1.807, 2.05) is 0 Å². The third kappa shape index (κ3) is 4.65. The Balaban J connectivity index is 1.25. The molecule has 0 saturated heterocycles. The van der Waals surface area contributed by atoms with Crippen molar-refractivity contribution in [3.63, 3.8) is 0 Å². The summed E-state index contributed by atoms with van der Waals surface area (Å²) in [6, 6.07) is 72.1. The van der Waals surface area contributed by atoms with Crippen LogP contribution >= 0.6 is 0 Å². The molecule has 0 radical (unpaired) electrons. The molecule has 2 aromatic heterocycles. The van der Waals surface area contributed by atoms with Gasteiger partial charge in [0.25, 0.3) is 0 Å². The zero-order chi connectivity index (χ0) is 35.6. The van der Waals surface area contributed by atoms with Crippen molar-refractivity contribution in [3.05, 3.63) is 200 Å². The molecule has 3 heteroatoms. The molecule has 0 aliphatic carbocycles. The van der Waals surface area contributed by atoms with Crippen molar-refractivity contribution in [2.45, 2.75) is 0 Å². The van der Waals surface area contributed by atoms with Crippen molar-refractivity contribution in [3.8, 4) is 45.1 Å². The molecule has 0 aliphatic heterocycles. The quantitative estimate of drug-likeness (QED) is 0.165. The molecule has 252 valence electrons. The number of fused-ring (bicyclic) bond motifs is 7. The van der Waals surface area contributed by atoms with Crippen molar-refractivity contribution in [2.75, 3.05) is 0 Å². The van der Waals surface area contributed by atoms with Crippen molar-refractivity contribution in [1.29, 1.82) is 0 Å². The average molecular weight is 688 g/mol. The first-order valence-corrected chi connectivity index (χ1v) is 18.5. The Morgan fingerprint density at radius 2 is 1.00 bits per heavy atom. The predicted octanol–water partition coefficient (Wildman–Crippen LogP) is 13.4. The molecule has 9 aromatic carbocycles. The lowest BCUT2D eigenvalue weighted by atomic mass is 9.94. The standard InChI is InChI=1S/C51H33N3/c1-4-16-35(17-5-1)48-45-32-30-41-40-23-14-24-44(51-52-46-25-12-13-26-47(46)53(51)38-21-8-3-9-22-38)42(40)29-31-43(41)50(45)54(49(48)36-18-6-2-7-19-36)39-28-27-34-15-10-11-20-37(34)33-39/h1-33H. The minimum atomic E-state index is 0.936. The third-order valence-electron chi connectivity index (χ3n) is 10.9. The number of rotatable bonds is 5. The lowest BCUT2D eigenvalue weighted by Gasteiger charge is -2.16. The number of nitrogens with zero attached hydrogens (tertiary/aromatic N) is 3. The van der Waals surface area contributed by atoms with Crippen molar-refractivity contribution >= 4 is 54.3 Å². The van der Waals surface area contributed by atoms with E-state index in [0.29, 0.717) is 0 Å². The van der Waals surface area contributed by atoms with Crippen LogP contribution < -0.4 is 0 Å². The highest BCUT2D eigenvalue weighted by Crippen LogP contribution is 2.47. The molecular weight excluding hydrogens is 655 g/mol. The van der Waals surface area contributed by atoms with E-state index < -0.39 is 0 Å². The van der Waals surface area contributed by atoms with Gasteiger partial charge in [0.05, 0.1) is 22.2 Å². The number of hydrogen-bond donors (Lipinski definition) is 0. The van der Waals surface area contributed by atoms with E-state index in [0.717, 1.165) is 33.8 Å². The fourth-order valence-electron chi connectivity index (χ4n) is 8.53. The van der Waals surface area contributed by atoms with Gasteiger partial charge in [-0.05, 0) is 74.5 Å². The van der Waals surface area contributed by atoms with Gasteiger partial charge in [0.1, 0.15) is 5.82 Å². The Morgan fingerprint density at radius 3 is 1.81 bits per heavy atom. The molecule has 54 heavy (non-hydrogen) atoms. The summed E-state index contributed by atoms with van der Waals surface area (Å²) < 4.78 is 4.80. The maximum absolute atomic E-state index is 5.26. The number of para-hydroxylation sites is 3. The highest BCUT2D eigenvalue weighted by atomic mass is 15.1. The second-order valence-corrected chi connectivity index (χ2v) is 13.9. The molecule has 0 spiro atoms. The van der Waals surface area contributed by atoms with Crippen LogP contribution in [0, 0.1) is 0 Å². The van der Waals surface area contributed by atoms with E-state index in [1.54, 1.807) is 0 Å². The summed E-state index contributed by atoms with van der Waals surface area (Å²) in [5.74, 6) is 0.936. The van der Waals surface area contributed by atoms with Crippen LogP contribution in [0.3, 0.4) is 0 Å². The monoisotopic (exact) mass is 687 g/mol. The summed E-state index contributed by atoms with van der Waals surface area (Å²) >= 11 is 0. The minimum absolute atomic E-state index is 0.936. The molecular formula is C51H33N3. The van der Waals surface area contributed by atoms with Gasteiger partial charge in [0, 0.05) is 33.3 Å². The smallest absolute Gasteiger partial charge is 0.146 e. The fourth-order valence-corrected chi connectivity index (χ4v) is 8.53. The van der Waals surface area contributed by atoms with Gasteiger partial charge in [-0.2, -0.15) is 0 Å². The second kappa shape index (κ2) is 12.2. The molecule has 0 unspecified atom stereocenters. The topological polar surface area (TPSA) is 22.8 Å². The summed E-state index contributed by atoms with van der Waals surface area (Å²) in [6.07, 6.45) is 0. The molecule has 0 bridgehead atoms. The Bertz CT molecular complexity index is 3190. The zero-order valence-corrected chi connectivity index (χ0v) is 29.4. The highest BCUT2D eigenvalue weighted by Gasteiger charge is 2.24. The lowest BCUT2D eigenvalue weighted by Crippen LogP contribution is -1.99. The van der Waals surface area contributed by atoms with Crippen molar-refractivity contribution in [2.24, 2.45) is 0 Å². The Labute approximate surface area is 312 Å². The first-order chi connectivity index (χ1) is 26.8. The number of benzene rings is 9. The maximum Gasteiger partial charge on any atom is 0.146 e. The van der Waals surface area contributed by atoms with Gasteiger partial charge in [-0.25, -0.2) is 4.98 Å². The highest BCUT2D eigenvalue weighted by molar-refractivity contribution is 6.22. The molecule has 0 N–H and O–H groups in total. The van der Waals surface area contributed by atoms with E-state index in [4.69, 9.17) is 4.98 Å². The summed E-state index contributed by atoms with van der Waals surface area (Å²) in [4.78, 5) is 5.26. The van der Waals surface area contributed by atoms with Gasteiger partial charge >= 0.3 is 0 Å². The van der Waals surface area contributed by atoms with Gasteiger partial charge in [0.15, 0.2) is 0 Å². The van der Waals surface area contributed by atoms with Crippen LogP contribution in [0.15, 0.2) is 200 Å². The van der Waals surface area contributed by atoms with Crippen molar-refractivity contribution in [1.82, 2.24) is 14.1 Å². The summed E-state index contributed by atoms with van der Waals surface area (Å²) in [6.45, 7) is 0. The van der Waals surface area contributed by atoms with Crippen LogP contribution in [-0.4, -0.2) is 14.1 Å². The molecule has 11 rings (SSSR count). The molecule has 0 fully saturated rings. The molecule has 11 aromatic rings. The summed E-state index contributed by atoms with van der Waals surface area (Å²) in [5, 5.41) is 8.46. The van der Waals surface area contributed by atoms with E-state index >= 15 is 0 Å². The van der Waals surface area contributed by atoms with Crippen LogP contribution in [0.2, 0.25) is 0 Å². The van der Waals surface area contributed by atoms with E-state index in [9.17, 15) is 0 Å². The van der Waals surface area contributed by atoms with Crippen LogP contribution in [0.5, 0.6) is 0 Å². The van der Waals surface area contributed by atoms with Crippen LogP contribution in [0.1, 0.15) is 0 Å². The molecule has 0 amide bonds. The fraction of sp³-hybridized carbons (Fsp3) is 0. The Hall–Kier alpha value is -7.23. The molecule has 3 nitrogen and oxygen atoms in total. The van der Waals surface area contributed by atoms with Gasteiger partial charge in [-0.1, -0.05) is 164 Å². The molecule has 2 heterocycles. The predicted molar refractivity (Wildman–Crippen MR) is 227 cm³/mol. The van der Waals surface area contributed by atoms with Gasteiger partial charge in [0.2, 0.25) is 0 Å². The summed E-state index contributed by atoms with van der Waals surface area (Å²) in [7, 11) is 0. The Morgan fingerprint density at radius 1 is 0.370 bits per heavy atom. The third-order valence-corrected chi connectivity index (χ3v) is 10.9. The first-order valence-electron chi connectivity index (χ1n) is 18.5. The van der Waals surface area contributed by atoms with Crippen LogP contribution in [0.25, 0.3) is 99.4 Å². The number of hydrogen-bond acceptors (Lipinski definition) is 1.